The molecule has 3 rings (SSSR count). The summed E-state index contributed by atoms with van der Waals surface area (Å²) in [4.78, 5) is 29.4. The van der Waals surface area contributed by atoms with Crippen molar-refractivity contribution in [1.29, 1.82) is 0 Å². The minimum atomic E-state index is 0.111. The van der Waals surface area contributed by atoms with E-state index in [1.807, 2.05) is 30.2 Å². The van der Waals surface area contributed by atoms with Gasteiger partial charge in [-0.3, -0.25) is 9.59 Å². The van der Waals surface area contributed by atoms with E-state index in [-0.39, 0.29) is 16.9 Å². The van der Waals surface area contributed by atoms with Gasteiger partial charge in [-0.1, -0.05) is 23.9 Å². The number of nitrogens with zero attached hydrogens (tertiary/aromatic N) is 3. The van der Waals surface area contributed by atoms with E-state index in [4.69, 9.17) is 0 Å². The highest BCUT2D eigenvalue weighted by Gasteiger charge is 2.30. The second kappa shape index (κ2) is 7.21. The van der Waals surface area contributed by atoms with Crippen LogP contribution >= 0.6 is 11.8 Å². The summed E-state index contributed by atoms with van der Waals surface area (Å²) in [5, 5.41) is 0.111. The van der Waals surface area contributed by atoms with Gasteiger partial charge in [-0.15, -0.1) is 0 Å². The average Bonchev–Trinajstić information content (AvgIpc) is 3.12. The number of imidazole rings is 1. The molecule has 0 saturated carbocycles. The summed E-state index contributed by atoms with van der Waals surface area (Å²) in [7, 11) is 0. The lowest BCUT2D eigenvalue weighted by molar-refractivity contribution is -0.117. The molecule has 1 aliphatic rings. The van der Waals surface area contributed by atoms with Gasteiger partial charge in [-0.25, -0.2) is 4.98 Å². The van der Waals surface area contributed by atoms with Crippen molar-refractivity contribution < 1.29 is 9.59 Å². The number of aromatic nitrogens is 2. The molecule has 126 valence electrons. The van der Waals surface area contributed by atoms with Gasteiger partial charge in [-0.2, -0.15) is 0 Å². The Morgan fingerprint density at radius 1 is 1.33 bits per heavy atom. The monoisotopic (exact) mass is 343 g/mol. The zero-order chi connectivity index (χ0) is 17.1. The Morgan fingerprint density at radius 3 is 2.71 bits per heavy atom. The molecule has 1 aliphatic heterocycles. The number of hydrogen-bond donors (Lipinski definition) is 0. The SMILES string of the molecule is CC(=O)SCC1CC(=O)N(c2ccc(Cn3ccnc3C)cc2)C1. The highest BCUT2D eigenvalue weighted by molar-refractivity contribution is 8.13. The molecule has 1 aromatic carbocycles. The van der Waals surface area contributed by atoms with Crippen molar-refractivity contribution in [2.45, 2.75) is 26.8 Å². The van der Waals surface area contributed by atoms with Crippen LogP contribution in [0.2, 0.25) is 0 Å². The van der Waals surface area contributed by atoms with Crippen LogP contribution in [-0.2, 0) is 16.1 Å². The van der Waals surface area contributed by atoms with E-state index in [0.717, 1.165) is 23.8 Å². The fraction of sp³-hybridized carbons (Fsp3) is 0.389. The highest BCUT2D eigenvalue weighted by atomic mass is 32.2. The van der Waals surface area contributed by atoms with Gasteiger partial charge in [0.1, 0.15) is 5.82 Å². The minimum Gasteiger partial charge on any atom is -0.331 e. The average molecular weight is 343 g/mol. The van der Waals surface area contributed by atoms with Crippen molar-refractivity contribution in [3.63, 3.8) is 0 Å². The van der Waals surface area contributed by atoms with E-state index < -0.39 is 0 Å². The molecule has 0 spiro atoms. The van der Waals surface area contributed by atoms with Crippen molar-refractivity contribution in [1.82, 2.24) is 9.55 Å². The van der Waals surface area contributed by atoms with Crippen molar-refractivity contribution in [2.24, 2.45) is 5.92 Å². The number of carbonyl (C=O) groups excluding carboxylic acids is 2. The lowest BCUT2D eigenvalue weighted by Gasteiger charge is -2.17. The molecule has 0 radical (unpaired) electrons. The molecule has 5 nitrogen and oxygen atoms in total. The van der Waals surface area contributed by atoms with Crippen molar-refractivity contribution >= 4 is 28.5 Å². The van der Waals surface area contributed by atoms with Gasteiger partial charge in [0.15, 0.2) is 5.12 Å². The van der Waals surface area contributed by atoms with Gasteiger partial charge in [0.2, 0.25) is 5.91 Å². The topological polar surface area (TPSA) is 55.2 Å². The largest absolute Gasteiger partial charge is 0.331 e. The Bertz CT molecular complexity index is 739. The third-order valence-electron chi connectivity index (χ3n) is 4.25. The lowest BCUT2D eigenvalue weighted by atomic mass is 10.1. The lowest BCUT2D eigenvalue weighted by Crippen LogP contribution is -2.24. The van der Waals surface area contributed by atoms with Crippen LogP contribution in [0.4, 0.5) is 5.69 Å². The normalized spacial score (nSPS) is 17.5. The third-order valence-corrected chi connectivity index (χ3v) is 5.30. The maximum Gasteiger partial charge on any atom is 0.227 e. The number of aryl methyl sites for hydroxylation is 1. The molecule has 2 aromatic rings. The molecular formula is C18H21N3O2S. The zero-order valence-electron chi connectivity index (χ0n) is 13.9. The quantitative estimate of drug-likeness (QED) is 0.838. The molecule has 0 bridgehead atoms. The molecule has 1 unspecified atom stereocenters. The number of carbonyl (C=O) groups is 2. The highest BCUT2D eigenvalue weighted by Crippen LogP contribution is 2.27. The van der Waals surface area contributed by atoms with E-state index in [0.29, 0.717) is 13.0 Å². The first kappa shape index (κ1) is 16.8. The molecule has 1 amide bonds. The number of anilines is 1. The van der Waals surface area contributed by atoms with Crippen LogP contribution in [-0.4, -0.2) is 32.9 Å². The Labute approximate surface area is 146 Å². The molecule has 0 N–H and O–H groups in total. The smallest absolute Gasteiger partial charge is 0.227 e. The van der Waals surface area contributed by atoms with E-state index in [9.17, 15) is 9.59 Å². The van der Waals surface area contributed by atoms with Crippen LogP contribution in [0.15, 0.2) is 36.7 Å². The van der Waals surface area contributed by atoms with Crippen molar-refractivity contribution in [3.05, 3.63) is 48.0 Å². The Kier molecular flexibility index (Phi) is 5.04. The maximum atomic E-state index is 12.2. The number of rotatable bonds is 5. The van der Waals surface area contributed by atoms with Crippen LogP contribution in [0.1, 0.15) is 24.7 Å². The summed E-state index contributed by atoms with van der Waals surface area (Å²) in [6.07, 6.45) is 4.28. The van der Waals surface area contributed by atoms with Crippen LogP contribution in [0.25, 0.3) is 0 Å². The predicted molar refractivity (Wildman–Crippen MR) is 96.1 cm³/mol. The van der Waals surface area contributed by atoms with Gasteiger partial charge >= 0.3 is 0 Å². The van der Waals surface area contributed by atoms with Crippen LogP contribution < -0.4 is 4.90 Å². The number of hydrogen-bond acceptors (Lipinski definition) is 4. The Balaban J connectivity index is 1.64. The minimum absolute atomic E-state index is 0.111. The molecular weight excluding hydrogens is 322 g/mol. The van der Waals surface area contributed by atoms with Crippen LogP contribution in [0, 0.1) is 12.8 Å². The second-order valence-corrected chi connectivity index (χ2v) is 7.34. The van der Waals surface area contributed by atoms with Crippen molar-refractivity contribution in [3.8, 4) is 0 Å². The Hall–Kier alpha value is -2.08. The maximum absolute atomic E-state index is 12.2. The first-order valence-corrected chi connectivity index (χ1v) is 9.02. The number of thioether (sulfide) groups is 1. The van der Waals surface area contributed by atoms with E-state index in [1.165, 1.54) is 17.3 Å². The van der Waals surface area contributed by atoms with Gasteiger partial charge in [0.25, 0.3) is 0 Å². The fourth-order valence-corrected chi connectivity index (χ4v) is 3.62. The molecule has 1 fully saturated rings. The number of amides is 1. The first-order valence-electron chi connectivity index (χ1n) is 8.03. The summed E-state index contributed by atoms with van der Waals surface area (Å²) in [5.74, 6) is 2.09. The van der Waals surface area contributed by atoms with E-state index in [1.54, 1.807) is 13.1 Å². The Morgan fingerprint density at radius 2 is 2.08 bits per heavy atom. The molecule has 6 heteroatoms. The fourth-order valence-electron chi connectivity index (χ4n) is 2.93. The molecule has 1 aromatic heterocycles. The summed E-state index contributed by atoms with van der Waals surface area (Å²) >= 11 is 1.31. The van der Waals surface area contributed by atoms with Crippen molar-refractivity contribution in [2.75, 3.05) is 17.2 Å². The zero-order valence-corrected chi connectivity index (χ0v) is 14.8. The molecule has 1 saturated heterocycles. The molecule has 1 atom stereocenters. The van der Waals surface area contributed by atoms with Crippen LogP contribution in [0.3, 0.4) is 0 Å². The summed E-state index contributed by atoms with van der Waals surface area (Å²) in [6, 6.07) is 8.11. The van der Waals surface area contributed by atoms with Gasteiger partial charge in [0.05, 0.1) is 0 Å². The van der Waals surface area contributed by atoms with E-state index in [2.05, 4.69) is 21.7 Å². The standard InChI is InChI=1S/C18H21N3O2S/c1-13-19-7-8-20(13)10-15-3-5-17(6-4-15)21-11-16(9-18(21)23)12-24-14(2)22/h3-8,16H,9-12H2,1-2H3. The van der Waals surface area contributed by atoms with E-state index >= 15 is 0 Å². The molecule has 0 aliphatic carbocycles. The van der Waals surface area contributed by atoms with Gasteiger partial charge in [0, 0.05) is 50.3 Å². The second-order valence-electron chi connectivity index (χ2n) is 6.15. The molecule has 2 heterocycles. The first-order chi connectivity index (χ1) is 11.5. The summed E-state index contributed by atoms with van der Waals surface area (Å²) in [5.41, 5.74) is 2.11. The van der Waals surface area contributed by atoms with Gasteiger partial charge in [-0.05, 0) is 30.5 Å². The molecule has 24 heavy (non-hydrogen) atoms. The summed E-state index contributed by atoms with van der Waals surface area (Å²) < 4.78 is 2.09. The number of benzene rings is 1. The summed E-state index contributed by atoms with van der Waals surface area (Å²) in [6.45, 7) is 5.02. The predicted octanol–water partition coefficient (Wildman–Crippen LogP) is 2.87. The van der Waals surface area contributed by atoms with Gasteiger partial charge < -0.3 is 9.47 Å². The third kappa shape index (κ3) is 3.87. The van der Waals surface area contributed by atoms with Crippen LogP contribution in [0.5, 0.6) is 0 Å².